The number of carbonyl (C=O) groups is 2. The normalized spacial score (nSPS) is 15.6. The quantitative estimate of drug-likeness (QED) is 0.573. The van der Waals surface area contributed by atoms with Gasteiger partial charge in [0.1, 0.15) is 23.2 Å². The first-order valence-electron chi connectivity index (χ1n) is 11.0. The fourth-order valence-corrected chi connectivity index (χ4v) is 4.70. The molecule has 3 heterocycles. The third kappa shape index (κ3) is 5.00. The summed E-state index contributed by atoms with van der Waals surface area (Å²) < 4.78 is 29.5. The highest BCUT2D eigenvalue weighted by atomic mass is 32.1. The molecule has 0 unspecified atom stereocenters. The lowest BCUT2D eigenvalue weighted by molar-refractivity contribution is -0.136. The number of fused-ring (bicyclic) bond motifs is 1. The summed E-state index contributed by atoms with van der Waals surface area (Å²) in [6.45, 7) is 6.00. The first kappa shape index (κ1) is 24.0. The Balaban J connectivity index is 1.38. The van der Waals surface area contributed by atoms with Crippen LogP contribution in [0.5, 0.6) is 0 Å². The molecule has 2 aromatic heterocycles. The third-order valence-electron chi connectivity index (χ3n) is 5.83. The number of piperazine rings is 1. The van der Waals surface area contributed by atoms with Gasteiger partial charge in [0.2, 0.25) is 5.91 Å². The van der Waals surface area contributed by atoms with Crippen LogP contribution in [-0.4, -0.2) is 63.2 Å². The number of thiazole rings is 1. The lowest BCUT2D eigenvalue weighted by atomic mass is 10.0. The second kappa shape index (κ2) is 9.98. The Morgan fingerprint density at radius 1 is 1.15 bits per heavy atom. The molecule has 8 nitrogen and oxygen atoms in total. The van der Waals surface area contributed by atoms with E-state index in [1.807, 2.05) is 5.38 Å². The second-order valence-electron chi connectivity index (χ2n) is 8.53. The summed E-state index contributed by atoms with van der Waals surface area (Å²) in [5, 5.41) is 4.32. The highest BCUT2D eigenvalue weighted by molar-refractivity contribution is 7.15. The molecule has 0 saturated carbocycles. The van der Waals surface area contributed by atoms with E-state index in [1.165, 1.54) is 27.9 Å². The lowest BCUT2D eigenvalue weighted by Gasteiger charge is -2.37. The Morgan fingerprint density at radius 2 is 1.82 bits per heavy atom. The molecule has 0 spiro atoms. The van der Waals surface area contributed by atoms with Gasteiger partial charge in [0.05, 0.1) is 5.69 Å². The van der Waals surface area contributed by atoms with Gasteiger partial charge in [0, 0.05) is 50.4 Å². The predicted octanol–water partition coefficient (Wildman–Crippen LogP) is 2.13. The lowest BCUT2D eigenvalue weighted by Crippen LogP contribution is -2.56. The van der Waals surface area contributed by atoms with Crippen molar-refractivity contribution >= 4 is 28.1 Å². The minimum Gasteiger partial charge on any atom is -0.340 e. The van der Waals surface area contributed by atoms with Gasteiger partial charge >= 0.3 is 0 Å². The summed E-state index contributed by atoms with van der Waals surface area (Å²) >= 11 is 1.39. The number of halogens is 2. The van der Waals surface area contributed by atoms with Crippen molar-refractivity contribution in [1.29, 1.82) is 0 Å². The van der Waals surface area contributed by atoms with E-state index in [1.54, 1.807) is 24.9 Å². The molecule has 11 heteroatoms. The molecule has 0 aliphatic carbocycles. The van der Waals surface area contributed by atoms with Crippen molar-refractivity contribution in [2.75, 3.05) is 26.2 Å². The zero-order chi connectivity index (χ0) is 24.4. The predicted molar refractivity (Wildman–Crippen MR) is 124 cm³/mol. The summed E-state index contributed by atoms with van der Waals surface area (Å²) in [4.78, 5) is 46.8. The van der Waals surface area contributed by atoms with Crippen LogP contribution in [0.4, 0.5) is 8.78 Å². The molecule has 1 atom stereocenters. The molecule has 1 aliphatic heterocycles. The number of hydrogen-bond acceptors (Lipinski definition) is 6. The first-order chi connectivity index (χ1) is 16.2. The Bertz CT molecular complexity index is 1250. The topological polar surface area (TPSA) is 87.0 Å². The van der Waals surface area contributed by atoms with Gasteiger partial charge < -0.3 is 10.2 Å². The van der Waals surface area contributed by atoms with Gasteiger partial charge in [-0.15, -0.1) is 11.3 Å². The van der Waals surface area contributed by atoms with Crippen LogP contribution in [0.1, 0.15) is 29.9 Å². The van der Waals surface area contributed by atoms with E-state index in [-0.39, 0.29) is 17.4 Å². The van der Waals surface area contributed by atoms with Gasteiger partial charge in [-0.25, -0.2) is 13.8 Å². The van der Waals surface area contributed by atoms with Crippen LogP contribution < -0.4 is 10.9 Å². The van der Waals surface area contributed by atoms with Crippen molar-refractivity contribution in [2.24, 2.45) is 5.92 Å². The van der Waals surface area contributed by atoms with Gasteiger partial charge in [0.15, 0.2) is 4.96 Å². The van der Waals surface area contributed by atoms with Gasteiger partial charge in [-0.3, -0.25) is 23.7 Å². The molecular weight excluding hydrogens is 464 g/mol. The van der Waals surface area contributed by atoms with E-state index in [2.05, 4.69) is 15.2 Å². The van der Waals surface area contributed by atoms with Crippen molar-refractivity contribution in [3.8, 4) is 0 Å². The number of amides is 2. The number of benzene rings is 1. The van der Waals surface area contributed by atoms with Gasteiger partial charge in [-0.1, -0.05) is 19.9 Å². The van der Waals surface area contributed by atoms with Crippen LogP contribution in [0.3, 0.4) is 0 Å². The third-order valence-corrected chi connectivity index (χ3v) is 6.59. The molecule has 1 fully saturated rings. The zero-order valence-electron chi connectivity index (χ0n) is 18.8. The fourth-order valence-electron chi connectivity index (χ4n) is 3.96. The second-order valence-corrected chi connectivity index (χ2v) is 9.41. The molecule has 1 aromatic carbocycles. The smallest absolute Gasteiger partial charge is 0.258 e. The molecule has 0 radical (unpaired) electrons. The number of aromatic nitrogens is 2. The number of nitrogens with zero attached hydrogens (tertiary/aromatic N) is 4. The number of rotatable bonds is 6. The molecule has 34 heavy (non-hydrogen) atoms. The molecule has 2 amide bonds. The molecule has 1 N–H and O–H groups in total. The zero-order valence-corrected chi connectivity index (χ0v) is 19.6. The molecule has 4 rings (SSSR count). The Morgan fingerprint density at radius 3 is 2.47 bits per heavy atom. The van der Waals surface area contributed by atoms with Crippen molar-refractivity contribution in [2.45, 2.75) is 26.4 Å². The van der Waals surface area contributed by atoms with Crippen LogP contribution in [0.2, 0.25) is 0 Å². The maximum atomic E-state index is 14.0. The van der Waals surface area contributed by atoms with Crippen molar-refractivity contribution < 1.29 is 18.4 Å². The van der Waals surface area contributed by atoms with Crippen molar-refractivity contribution in [3.63, 3.8) is 0 Å². The number of hydrogen-bond donors (Lipinski definition) is 1. The van der Waals surface area contributed by atoms with Crippen LogP contribution in [0, 0.1) is 17.6 Å². The highest BCUT2D eigenvalue weighted by Gasteiger charge is 2.32. The van der Waals surface area contributed by atoms with E-state index in [4.69, 9.17) is 0 Å². The fraction of sp³-hybridized carbons (Fsp3) is 0.391. The first-order valence-corrected chi connectivity index (χ1v) is 11.8. The minimum atomic E-state index is -0.977. The van der Waals surface area contributed by atoms with Crippen molar-refractivity contribution in [3.05, 3.63) is 69.1 Å². The van der Waals surface area contributed by atoms with Crippen LogP contribution in [0.25, 0.3) is 4.96 Å². The molecule has 0 bridgehead atoms. The highest BCUT2D eigenvalue weighted by Crippen LogP contribution is 2.16. The van der Waals surface area contributed by atoms with Crippen LogP contribution >= 0.6 is 11.3 Å². The number of carbonyl (C=O) groups excluding carboxylic acids is 2. The SMILES string of the molecule is CC(C)[C@H](NC(=O)c1c(F)cccc1F)C(=O)N1CCN(Cc2cc(=O)n3ccsc3n2)CC1. The molecule has 180 valence electrons. The summed E-state index contributed by atoms with van der Waals surface area (Å²) in [5.41, 5.74) is -0.153. The monoisotopic (exact) mass is 489 g/mol. The maximum absolute atomic E-state index is 14.0. The van der Waals surface area contributed by atoms with E-state index >= 15 is 0 Å². The molecular formula is C23H25F2N5O3S. The van der Waals surface area contributed by atoms with Gasteiger partial charge in [0.25, 0.3) is 11.5 Å². The van der Waals surface area contributed by atoms with E-state index in [0.29, 0.717) is 43.4 Å². The van der Waals surface area contributed by atoms with Crippen molar-refractivity contribution in [1.82, 2.24) is 24.5 Å². The van der Waals surface area contributed by atoms with E-state index in [0.717, 1.165) is 12.1 Å². The van der Waals surface area contributed by atoms with Crippen LogP contribution in [-0.2, 0) is 11.3 Å². The Hall–Kier alpha value is -3.18. The largest absolute Gasteiger partial charge is 0.340 e. The molecule has 3 aromatic rings. The summed E-state index contributed by atoms with van der Waals surface area (Å²) in [6, 6.07) is 3.78. The standard InChI is InChI=1S/C23H25F2N5O3S/c1-14(2)20(27-21(32)19-16(24)4-3-5-17(19)25)22(33)29-8-6-28(7-9-29)13-15-12-18(31)30-10-11-34-23(30)26-15/h3-5,10-12,14,20H,6-9,13H2,1-2H3,(H,27,32)/t20-/m0/s1. The maximum Gasteiger partial charge on any atom is 0.258 e. The van der Waals surface area contributed by atoms with E-state index in [9.17, 15) is 23.2 Å². The van der Waals surface area contributed by atoms with Crippen LogP contribution in [0.15, 0.2) is 40.6 Å². The average Bonchev–Trinajstić information content (AvgIpc) is 3.26. The average molecular weight is 490 g/mol. The minimum absolute atomic E-state index is 0.128. The summed E-state index contributed by atoms with van der Waals surface area (Å²) in [6.07, 6.45) is 1.69. The van der Waals surface area contributed by atoms with Gasteiger partial charge in [-0.2, -0.15) is 0 Å². The molecule has 1 saturated heterocycles. The number of nitrogens with one attached hydrogen (secondary N) is 1. The summed E-state index contributed by atoms with van der Waals surface area (Å²) in [7, 11) is 0. The molecule has 1 aliphatic rings. The van der Waals surface area contributed by atoms with Gasteiger partial charge in [-0.05, 0) is 18.1 Å². The Labute approximate surface area is 198 Å². The van der Waals surface area contributed by atoms with E-state index < -0.39 is 29.1 Å². The Kier molecular flexibility index (Phi) is 7.03. The summed E-state index contributed by atoms with van der Waals surface area (Å²) in [5.74, 6) is -3.48.